The van der Waals surface area contributed by atoms with E-state index in [0.717, 1.165) is 22.2 Å². The van der Waals surface area contributed by atoms with Gasteiger partial charge in [0.1, 0.15) is 5.69 Å². The van der Waals surface area contributed by atoms with Crippen molar-refractivity contribution in [2.24, 2.45) is 0 Å². The third kappa shape index (κ3) is 1.89. The molecule has 0 bridgehead atoms. The van der Waals surface area contributed by atoms with E-state index in [-0.39, 0.29) is 0 Å². The quantitative estimate of drug-likeness (QED) is 0.330. The number of aromatic nitrogens is 2. The summed E-state index contributed by atoms with van der Waals surface area (Å²) < 4.78 is 3.64. The molecule has 0 aliphatic heterocycles. The van der Waals surface area contributed by atoms with Crippen molar-refractivity contribution in [2.75, 3.05) is 0 Å². The molecule has 6 aromatic rings. The van der Waals surface area contributed by atoms with Gasteiger partial charge in [0.25, 0.3) is 0 Å². The molecule has 0 atom stereocenters. The van der Waals surface area contributed by atoms with Gasteiger partial charge in [-0.25, -0.2) is 4.98 Å². The zero-order valence-electron chi connectivity index (χ0n) is 13.9. The third-order valence-corrected chi connectivity index (χ3v) is 6.09. The van der Waals surface area contributed by atoms with Crippen LogP contribution in [0.3, 0.4) is 0 Å². The highest BCUT2D eigenvalue weighted by atomic mass is 32.1. The van der Waals surface area contributed by atoms with Gasteiger partial charge in [0.2, 0.25) is 0 Å². The summed E-state index contributed by atoms with van der Waals surface area (Å²) in [4.78, 5) is 6.27. The smallest absolute Gasteiger partial charge is 0.105 e. The first-order valence-electron chi connectivity index (χ1n) is 8.66. The lowest BCUT2D eigenvalue weighted by Crippen LogP contribution is -1.94. The van der Waals surface area contributed by atoms with E-state index < -0.39 is 0 Å². The summed E-state index contributed by atoms with van der Waals surface area (Å²) in [6, 6.07) is 30.0. The van der Waals surface area contributed by atoms with Crippen LogP contribution in [-0.2, 0) is 0 Å². The van der Waals surface area contributed by atoms with Crippen LogP contribution in [0, 0.1) is 0 Å². The van der Waals surface area contributed by atoms with Gasteiger partial charge in [0.05, 0.1) is 26.9 Å². The molecule has 0 unspecified atom stereocenters. The van der Waals surface area contributed by atoms with Crippen LogP contribution in [0.4, 0.5) is 0 Å². The summed E-state index contributed by atoms with van der Waals surface area (Å²) in [5.74, 6) is 0. The van der Waals surface area contributed by atoms with Crippen LogP contribution in [0.2, 0.25) is 0 Å². The molecule has 0 aliphatic rings. The van der Waals surface area contributed by atoms with E-state index in [0.29, 0.717) is 0 Å². The van der Waals surface area contributed by atoms with E-state index in [1.165, 1.54) is 25.9 Å². The van der Waals surface area contributed by atoms with Crippen molar-refractivity contribution >= 4 is 48.9 Å². The van der Waals surface area contributed by atoms with Crippen molar-refractivity contribution < 1.29 is 0 Å². The number of nitrogens with zero attached hydrogens (tertiary/aromatic N) is 2. The van der Waals surface area contributed by atoms with Crippen LogP contribution in [-0.4, -0.2) is 9.38 Å². The number of rotatable bonds is 1. The maximum Gasteiger partial charge on any atom is 0.105 e. The highest BCUT2D eigenvalue weighted by Crippen LogP contribution is 2.37. The lowest BCUT2D eigenvalue weighted by molar-refractivity contribution is 1.28. The molecule has 3 heterocycles. The second-order valence-electron chi connectivity index (χ2n) is 6.52. The highest BCUT2D eigenvalue weighted by molar-refractivity contribution is 7.22. The lowest BCUT2D eigenvalue weighted by atomic mass is 10.2. The first kappa shape index (κ1) is 14.0. The molecule has 0 aliphatic carbocycles. The van der Waals surface area contributed by atoms with E-state index in [9.17, 15) is 0 Å². The van der Waals surface area contributed by atoms with Gasteiger partial charge >= 0.3 is 0 Å². The first-order chi connectivity index (χ1) is 12.9. The zero-order valence-corrected chi connectivity index (χ0v) is 14.7. The molecule has 122 valence electrons. The normalized spacial score (nSPS) is 11.8. The Bertz CT molecular complexity index is 1410. The van der Waals surface area contributed by atoms with Gasteiger partial charge in [0, 0.05) is 10.1 Å². The first-order valence-corrected chi connectivity index (χ1v) is 9.48. The molecule has 0 saturated carbocycles. The molecule has 3 heteroatoms. The van der Waals surface area contributed by atoms with Crippen LogP contribution >= 0.6 is 11.3 Å². The second kappa shape index (κ2) is 5.16. The van der Waals surface area contributed by atoms with E-state index in [4.69, 9.17) is 4.98 Å². The van der Waals surface area contributed by atoms with E-state index in [2.05, 4.69) is 89.3 Å². The Morgan fingerprint density at radius 2 is 1.38 bits per heavy atom. The maximum atomic E-state index is 5.05. The van der Waals surface area contributed by atoms with Crippen molar-refractivity contribution in [3.63, 3.8) is 0 Å². The lowest BCUT2D eigenvalue weighted by Gasteiger charge is -2.08. The topological polar surface area (TPSA) is 17.3 Å². The highest BCUT2D eigenvalue weighted by Gasteiger charge is 2.15. The number of thiophene rings is 1. The fourth-order valence-corrected chi connectivity index (χ4v) is 4.86. The van der Waals surface area contributed by atoms with E-state index >= 15 is 0 Å². The Morgan fingerprint density at radius 1 is 0.654 bits per heavy atom. The van der Waals surface area contributed by atoms with Gasteiger partial charge in [-0.3, -0.25) is 0 Å². The summed E-state index contributed by atoms with van der Waals surface area (Å²) in [5.41, 5.74) is 5.61. The predicted octanol–water partition coefficient (Wildman–Crippen LogP) is 6.52. The summed E-state index contributed by atoms with van der Waals surface area (Å²) in [6.45, 7) is 0. The van der Waals surface area contributed by atoms with Crippen LogP contribution in [0.1, 0.15) is 0 Å². The number of para-hydroxylation sites is 3. The van der Waals surface area contributed by atoms with Gasteiger partial charge in [-0.15, -0.1) is 11.3 Å². The van der Waals surface area contributed by atoms with Crippen molar-refractivity contribution in [2.45, 2.75) is 0 Å². The number of benzene rings is 3. The fraction of sp³-hybridized carbons (Fsp3) is 0. The predicted molar refractivity (Wildman–Crippen MR) is 111 cm³/mol. The molecule has 0 fully saturated rings. The molecule has 0 radical (unpaired) electrons. The molecule has 3 aromatic carbocycles. The van der Waals surface area contributed by atoms with Gasteiger partial charge in [-0.2, -0.15) is 0 Å². The molecule has 0 amide bonds. The minimum Gasteiger partial charge on any atom is -0.305 e. The van der Waals surface area contributed by atoms with Crippen molar-refractivity contribution in [3.05, 3.63) is 84.9 Å². The van der Waals surface area contributed by atoms with Gasteiger partial charge in [-0.1, -0.05) is 48.5 Å². The van der Waals surface area contributed by atoms with E-state index in [1.54, 1.807) is 0 Å². The largest absolute Gasteiger partial charge is 0.305 e. The minimum atomic E-state index is 1.02. The fourth-order valence-electron chi connectivity index (χ4n) is 3.79. The Balaban J connectivity index is 1.82. The van der Waals surface area contributed by atoms with Crippen molar-refractivity contribution in [1.29, 1.82) is 0 Å². The van der Waals surface area contributed by atoms with E-state index in [1.807, 2.05) is 11.3 Å². The molecule has 0 spiro atoms. The Kier molecular flexibility index (Phi) is 2.79. The van der Waals surface area contributed by atoms with Gasteiger partial charge < -0.3 is 4.40 Å². The number of hydrogen-bond acceptors (Lipinski definition) is 2. The second-order valence-corrected chi connectivity index (χ2v) is 7.61. The van der Waals surface area contributed by atoms with Crippen LogP contribution < -0.4 is 0 Å². The standard InChI is InChI=1S/C23H14N2S/c1-4-10-18-15(7-1)13-20-23(22-14-16-8-2-6-12-21(16)26-22)24-17-9-3-5-11-19(17)25(18)20/h1-14H. The van der Waals surface area contributed by atoms with Crippen molar-refractivity contribution in [1.82, 2.24) is 9.38 Å². The molecule has 0 saturated heterocycles. The monoisotopic (exact) mass is 350 g/mol. The van der Waals surface area contributed by atoms with Crippen molar-refractivity contribution in [3.8, 4) is 10.6 Å². The van der Waals surface area contributed by atoms with Crippen LogP contribution in [0.5, 0.6) is 0 Å². The van der Waals surface area contributed by atoms with Crippen LogP contribution in [0.15, 0.2) is 84.9 Å². The molecule has 6 rings (SSSR count). The van der Waals surface area contributed by atoms with Crippen LogP contribution in [0.25, 0.3) is 48.1 Å². The average molecular weight is 350 g/mol. The molecular weight excluding hydrogens is 336 g/mol. The molecule has 26 heavy (non-hydrogen) atoms. The Morgan fingerprint density at radius 3 is 2.27 bits per heavy atom. The SMILES string of the molecule is c1ccc2sc(-c3nc4ccccc4n4c3cc3ccccc34)cc2c1. The minimum absolute atomic E-state index is 1.02. The molecule has 0 N–H and O–H groups in total. The molecule has 2 nitrogen and oxygen atoms in total. The summed E-state index contributed by atoms with van der Waals surface area (Å²) in [7, 11) is 0. The number of hydrogen-bond donors (Lipinski definition) is 0. The van der Waals surface area contributed by atoms with Gasteiger partial charge in [0.15, 0.2) is 0 Å². The Labute approximate surface area is 154 Å². The maximum absolute atomic E-state index is 5.05. The van der Waals surface area contributed by atoms with Gasteiger partial charge in [-0.05, 0) is 41.8 Å². The zero-order chi connectivity index (χ0) is 17.1. The molecule has 3 aromatic heterocycles. The third-order valence-electron chi connectivity index (χ3n) is 4.97. The number of fused-ring (bicyclic) bond motifs is 6. The summed E-state index contributed by atoms with van der Waals surface area (Å²) in [6.07, 6.45) is 0. The summed E-state index contributed by atoms with van der Waals surface area (Å²) in [5, 5.41) is 2.52. The average Bonchev–Trinajstić information content (AvgIpc) is 3.29. The Hall–Kier alpha value is -3.17. The molecular formula is C23H14N2S. The summed E-state index contributed by atoms with van der Waals surface area (Å²) >= 11 is 1.81.